The van der Waals surface area contributed by atoms with Crippen molar-refractivity contribution in [2.24, 2.45) is 0 Å². The Kier molecular flexibility index (Phi) is 5.71. The summed E-state index contributed by atoms with van der Waals surface area (Å²) < 4.78 is 35.7. The average Bonchev–Trinajstić information content (AvgIpc) is 3.07. The van der Waals surface area contributed by atoms with Crippen molar-refractivity contribution < 1.29 is 22.7 Å². The molecule has 2 aliphatic rings. The van der Waals surface area contributed by atoms with Gasteiger partial charge in [-0.15, -0.1) is 0 Å². The Labute approximate surface area is 177 Å². The minimum absolute atomic E-state index is 0.00270. The number of piperazine rings is 1. The van der Waals surface area contributed by atoms with E-state index in [1.165, 1.54) is 0 Å². The molecule has 2 heterocycles. The van der Waals surface area contributed by atoms with Crippen LogP contribution in [0.25, 0.3) is 0 Å². The summed E-state index contributed by atoms with van der Waals surface area (Å²) in [7, 11) is 0.0175. The lowest BCUT2D eigenvalue weighted by Crippen LogP contribution is -2.62. The van der Waals surface area contributed by atoms with E-state index in [1.54, 1.807) is 19.1 Å². The molecule has 160 valence electrons. The largest absolute Gasteiger partial charge is 0.497 e. The molecule has 2 aromatic rings. The molecule has 0 N–H and O–H groups in total. The first-order valence-corrected chi connectivity index (χ1v) is 11.8. The van der Waals surface area contributed by atoms with Gasteiger partial charge in [0.05, 0.1) is 38.3 Å². The van der Waals surface area contributed by atoms with Gasteiger partial charge in [0.2, 0.25) is 5.91 Å². The number of anilines is 1. The van der Waals surface area contributed by atoms with Crippen LogP contribution in [0.3, 0.4) is 0 Å². The maximum Gasteiger partial charge on any atom is 0.241 e. The molecular formula is C22H26N2O5S. The van der Waals surface area contributed by atoms with Gasteiger partial charge in [-0.3, -0.25) is 9.69 Å². The molecule has 2 aromatic carbocycles. The fourth-order valence-corrected chi connectivity index (χ4v) is 6.45. The van der Waals surface area contributed by atoms with E-state index < -0.39 is 9.84 Å². The number of ether oxygens (including phenoxy) is 2. The van der Waals surface area contributed by atoms with Crippen molar-refractivity contribution in [2.45, 2.75) is 18.5 Å². The predicted octanol–water partition coefficient (Wildman–Crippen LogP) is 1.76. The van der Waals surface area contributed by atoms with Crippen LogP contribution in [0, 0.1) is 0 Å². The van der Waals surface area contributed by atoms with Gasteiger partial charge in [-0.25, -0.2) is 8.42 Å². The van der Waals surface area contributed by atoms with Gasteiger partial charge in [-0.1, -0.05) is 18.2 Å². The number of benzene rings is 2. The summed E-state index contributed by atoms with van der Waals surface area (Å²) in [4.78, 5) is 16.7. The smallest absolute Gasteiger partial charge is 0.241 e. The van der Waals surface area contributed by atoms with Crippen molar-refractivity contribution >= 4 is 21.4 Å². The van der Waals surface area contributed by atoms with Crippen LogP contribution in [0.15, 0.2) is 48.5 Å². The zero-order chi connectivity index (χ0) is 21.3. The number of fused-ring (bicyclic) bond motifs is 1. The van der Waals surface area contributed by atoms with Gasteiger partial charge in [0.25, 0.3) is 0 Å². The van der Waals surface area contributed by atoms with Gasteiger partial charge >= 0.3 is 0 Å². The summed E-state index contributed by atoms with van der Waals surface area (Å²) in [5.74, 6) is 1.48. The molecule has 4 rings (SSSR count). The van der Waals surface area contributed by atoms with Crippen molar-refractivity contribution in [3.63, 3.8) is 0 Å². The topological polar surface area (TPSA) is 76.2 Å². The highest BCUT2D eigenvalue weighted by Gasteiger charge is 2.49. The Morgan fingerprint density at radius 2 is 1.73 bits per heavy atom. The lowest BCUT2D eigenvalue weighted by Gasteiger charge is -2.43. The highest BCUT2D eigenvalue weighted by molar-refractivity contribution is 7.91. The minimum Gasteiger partial charge on any atom is -0.497 e. The number of hydrogen-bond donors (Lipinski definition) is 0. The molecule has 0 bridgehead atoms. The van der Waals surface area contributed by atoms with E-state index in [0.29, 0.717) is 13.0 Å². The van der Waals surface area contributed by atoms with E-state index in [-0.39, 0.29) is 36.0 Å². The normalized spacial score (nSPS) is 23.3. The van der Waals surface area contributed by atoms with Crippen LogP contribution >= 0.6 is 0 Å². The van der Waals surface area contributed by atoms with Crippen molar-refractivity contribution in [3.05, 3.63) is 54.1 Å². The van der Waals surface area contributed by atoms with Gasteiger partial charge in [0.1, 0.15) is 11.5 Å². The molecule has 0 spiro atoms. The van der Waals surface area contributed by atoms with Crippen LogP contribution in [0.4, 0.5) is 5.69 Å². The average molecular weight is 431 g/mol. The van der Waals surface area contributed by atoms with Gasteiger partial charge in [-0.2, -0.15) is 0 Å². The highest BCUT2D eigenvalue weighted by atomic mass is 32.2. The third-order valence-corrected chi connectivity index (χ3v) is 7.59. The standard InChI is InChI=1S/C22H26N2O5S/c1-28-18-8-9-21(29-2)16(12-18)10-11-23-13-22(25)24(17-6-4-3-5-7-17)20-15-30(26,27)14-19(20)23/h3-9,12,19-20H,10-11,13-15H2,1-2H3/t19-,20+/m1/s1. The molecule has 0 radical (unpaired) electrons. The summed E-state index contributed by atoms with van der Waals surface area (Å²) in [5.41, 5.74) is 1.72. The summed E-state index contributed by atoms with van der Waals surface area (Å²) >= 11 is 0. The fraction of sp³-hybridized carbons (Fsp3) is 0.409. The number of nitrogens with zero attached hydrogens (tertiary/aromatic N) is 2. The highest BCUT2D eigenvalue weighted by Crippen LogP contribution is 2.32. The third kappa shape index (κ3) is 4.02. The van der Waals surface area contributed by atoms with Crippen LogP contribution in [0.5, 0.6) is 11.5 Å². The molecule has 2 aliphatic heterocycles. The molecule has 0 unspecified atom stereocenters. The van der Waals surface area contributed by atoms with E-state index in [0.717, 1.165) is 22.7 Å². The summed E-state index contributed by atoms with van der Waals surface area (Å²) in [5, 5.41) is 0. The van der Waals surface area contributed by atoms with Gasteiger partial charge < -0.3 is 14.4 Å². The minimum atomic E-state index is -3.21. The number of carbonyl (C=O) groups is 1. The second kappa shape index (κ2) is 8.28. The lowest BCUT2D eigenvalue weighted by atomic mass is 10.0. The molecule has 7 nitrogen and oxygen atoms in total. The van der Waals surface area contributed by atoms with E-state index in [9.17, 15) is 13.2 Å². The maximum atomic E-state index is 13.0. The van der Waals surface area contributed by atoms with Crippen molar-refractivity contribution in [1.29, 1.82) is 0 Å². The Hall–Kier alpha value is -2.58. The first-order valence-electron chi connectivity index (χ1n) is 9.94. The van der Waals surface area contributed by atoms with E-state index >= 15 is 0 Å². The van der Waals surface area contributed by atoms with Crippen molar-refractivity contribution in [3.8, 4) is 11.5 Å². The van der Waals surface area contributed by atoms with Crippen molar-refractivity contribution in [2.75, 3.05) is 43.7 Å². The Bertz CT molecular complexity index is 1030. The summed E-state index contributed by atoms with van der Waals surface area (Å²) in [6.07, 6.45) is 0.627. The Morgan fingerprint density at radius 1 is 1.00 bits per heavy atom. The first kappa shape index (κ1) is 20.7. The molecule has 0 saturated carbocycles. The Morgan fingerprint density at radius 3 is 2.43 bits per heavy atom. The summed E-state index contributed by atoms with van der Waals surface area (Å²) in [6.45, 7) is 0.756. The van der Waals surface area contributed by atoms with Gasteiger partial charge in [-0.05, 0) is 42.3 Å². The molecule has 0 aliphatic carbocycles. The number of methoxy groups -OCH3 is 2. The van der Waals surface area contributed by atoms with Crippen LogP contribution in [-0.4, -0.2) is 70.1 Å². The monoisotopic (exact) mass is 430 g/mol. The number of hydrogen-bond acceptors (Lipinski definition) is 6. The second-order valence-electron chi connectivity index (χ2n) is 7.71. The van der Waals surface area contributed by atoms with Crippen LogP contribution < -0.4 is 14.4 Å². The van der Waals surface area contributed by atoms with E-state index in [4.69, 9.17) is 9.47 Å². The zero-order valence-electron chi connectivity index (χ0n) is 17.2. The molecule has 2 fully saturated rings. The summed E-state index contributed by atoms with van der Waals surface area (Å²) in [6, 6.07) is 14.4. The number of amides is 1. The molecule has 1 amide bonds. The Balaban J connectivity index is 1.58. The zero-order valence-corrected chi connectivity index (χ0v) is 18.0. The number of para-hydroxylation sites is 1. The lowest BCUT2D eigenvalue weighted by molar-refractivity contribution is -0.123. The number of rotatable bonds is 6. The molecule has 8 heteroatoms. The van der Waals surface area contributed by atoms with E-state index in [2.05, 4.69) is 0 Å². The molecule has 2 atom stereocenters. The van der Waals surface area contributed by atoms with Gasteiger partial charge in [0, 0.05) is 18.3 Å². The van der Waals surface area contributed by atoms with Crippen LogP contribution in [0.2, 0.25) is 0 Å². The second-order valence-corrected chi connectivity index (χ2v) is 9.86. The van der Waals surface area contributed by atoms with Crippen molar-refractivity contribution in [1.82, 2.24) is 4.90 Å². The molecule has 2 saturated heterocycles. The molecule has 0 aromatic heterocycles. The van der Waals surface area contributed by atoms with Gasteiger partial charge in [0.15, 0.2) is 9.84 Å². The maximum absolute atomic E-state index is 13.0. The third-order valence-electron chi connectivity index (χ3n) is 5.89. The predicted molar refractivity (Wildman–Crippen MR) is 115 cm³/mol. The van der Waals surface area contributed by atoms with Crippen LogP contribution in [-0.2, 0) is 21.1 Å². The molecule has 30 heavy (non-hydrogen) atoms. The quantitative estimate of drug-likeness (QED) is 0.695. The molecular weight excluding hydrogens is 404 g/mol. The number of sulfone groups is 1. The SMILES string of the molecule is COc1ccc(OC)c(CCN2CC(=O)N(c3ccccc3)[C@H]3CS(=O)(=O)C[C@H]32)c1. The fourth-order valence-electron chi connectivity index (χ4n) is 4.47. The van der Waals surface area contributed by atoms with Crippen LogP contribution in [0.1, 0.15) is 5.56 Å². The number of carbonyl (C=O) groups excluding carboxylic acids is 1. The van der Waals surface area contributed by atoms with E-state index in [1.807, 2.05) is 53.4 Å². The first-order chi connectivity index (χ1) is 14.4.